The monoisotopic (exact) mass is 398 g/mol. The number of aromatic nitrogens is 1. The van der Waals surface area contributed by atoms with Crippen molar-refractivity contribution in [2.45, 2.75) is 0 Å². The van der Waals surface area contributed by atoms with E-state index in [1.54, 1.807) is 36.4 Å². The number of hydrogen-bond donors (Lipinski definition) is 2. The molecule has 2 heterocycles. The summed E-state index contributed by atoms with van der Waals surface area (Å²) in [5, 5.41) is 18.8. The molecule has 0 fully saturated rings. The first kappa shape index (κ1) is 18.4. The average Bonchev–Trinajstić information content (AvgIpc) is 3.22. The summed E-state index contributed by atoms with van der Waals surface area (Å²) >= 11 is 0. The first-order valence-corrected chi connectivity index (χ1v) is 8.53. The normalized spacial score (nSPS) is 13.0. The average molecular weight is 398 g/mol. The van der Waals surface area contributed by atoms with Crippen LogP contribution in [0.25, 0.3) is 11.3 Å². The maximum Gasteiger partial charge on any atom is 0.350 e. The van der Waals surface area contributed by atoms with E-state index in [4.69, 9.17) is 18.7 Å². The molecule has 0 bridgehead atoms. The summed E-state index contributed by atoms with van der Waals surface area (Å²) < 4.78 is 21.3. The largest absolute Gasteiger partial charge is 0.493 e. The Labute approximate surface area is 165 Å². The third-order valence-electron chi connectivity index (χ3n) is 4.41. The highest BCUT2D eigenvalue weighted by Crippen LogP contribution is 2.42. The van der Waals surface area contributed by atoms with Crippen LogP contribution < -0.4 is 29.7 Å². The lowest BCUT2D eigenvalue weighted by Crippen LogP contribution is -2.50. The number of nitrogens with one attached hydrogen (secondary N) is 1. The lowest BCUT2D eigenvalue weighted by Gasteiger charge is -2.33. The zero-order valence-electron chi connectivity index (χ0n) is 15.9. The van der Waals surface area contributed by atoms with Crippen LogP contribution in [0.1, 0.15) is 0 Å². The molecular weight excluding hydrogens is 380 g/mol. The molecule has 2 aromatic carbocycles. The number of hydrogen-bond acceptors (Lipinski definition) is 8. The van der Waals surface area contributed by atoms with Crippen molar-refractivity contribution in [3.8, 4) is 28.5 Å². The second-order valence-corrected chi connectivity index (χ2v) is 6.01. The molecule has 2 N–H and O–H groups in total. The molecule has 0 saturated heterocycles. The van der Waals surface area contributed by atoms with Crippen molar-refractivity contribution < 1.29 is 28.7 Å². The van der Waals surface area contributed by atoms with Crippen LogP contribution in [0.5, 0.6) is 17.2 Å². The molecule has 29 heavy (non-hydrogen) atoms. The molecule has 150 valence electrons. The number of carbonyl (C=O) groups excluding carboxylic acids is 1. The van der Waals surface area contributed by atoms with E-state index in [0.29, 0.717) is 45.1 Å². The van der Waals surface area contributed by atoms with Gasteiger partial charge in [-0.1, -0.05) is 17.3 Å². The van der Waals surface area contributed by atoms with E-state index >= 15 is 0 Å². The summed E-state index contributed by atoms with van der Waals surface area (Å²) in [6.07, 6.45) is 0. The van der Waals surface area contributed by atoms with Gasteiger partial charge in [0.25, 0.3) is 5.88 Å². The molecule has 3 aromatic rings. The van der Waals surface area contributed by atoms with Gasteiger partial charge in [0, 0.05) is 11.6 Å². The molecule has 0 radical (unpaired) electrons. The number of rotatable bonds is 5. The van der Waals surface area contributed by atoms with Gasteiger partial charge in [0.15, 0.2) is 11.5 Å². The standard InChI is InChI=1S/C19H18N4O6/c1-26-15-8-11(9-16(27-2)18(15)28-3)13-10-17(29-21-13)22-19(24)20-12-6-4-5-7-14(12)23(22)25/h4-10,25H,1-3H3,(H,20,24). The Kier molecular flexibility index (Phi) is 4.61. The minimum Gasteiger partial charge on any atom is -0.493 e. The highest BCUT2D eigenvalue weighted by molar-refractivity contribution is 6.07. The van der Waals surface area contributed by atoms with Crippen LogP contribution in [-0.2, 0) is 0 Å². The Balaban J connectivity index is 1.72. The van der Waals surface area contributed by atoms with Crippen LogP contribution in [0.3, 0.4) is 0 Å². The van der Waals surface area contributed by atoms with Gasteiger partial charge in [-0.2, -0.15) is 0 Å². The maximum atomic E-state index is 12.5. The predicted octanol–water partition coefficient (Wildman–Crippen LogP) is 3.53. The number of hydrazine groups is 1. The summed E-state index contributed by atoms with van der Waals surface area (Å²) in [5.41, 5.74) is 1.87. The summed E-state index contributed by atoms with van der Waals surface area (Å²) in [5.74, 6) is 1.35. The minimum atomic E-state index is -0.598. The van der Waals surface area contributed by atoms with Gasteiger partial charge in [-0.05, 0) is 24.3 Å². The van der Waals surface area contributed by atoms with Gasteiger partial charge in [-0.3, -0.25) is 5.21 Å². The van der Waals surface area contributed by atoms with E-state index in [1.165, 1.54) is 27.4 Å². The zero-order valence-corrected chi connectivity index (χ0v) is 15.9. The van der Waals surface area contributed by atoms with Crippen LogP contribution in [0.2, 0.25) is 0 Å². The number of anilines is 3. The summed E-state index contributed by atoms with van der Waals surface area (Å²) in [6, 6.07) is 11.1. The van der Waals surface area contributed by atoms with Gasteiger partial charge >= 0.3 is 6.03 Å². The number of ether oxygens (including phenoxy) is 3. The number of para-hydroxylation sites is 2. The van der Waals surface area contributed by atoms with Crippen molar-refractivity contribution in [1.29, 1.82) is 0 Å². The number of methoxy groups -OCH3 is 3. The second-order valence-electron chi connectivity index (χ2n) is 6.01. The van der Waals surface area contributed by atoms with Gasteiger partial charge in [-0.15, -0.1) is 10.2 Å². The molecule has 0 unspecified atom stereocenters. The SMILES string of the molecule is COc1cc(-c2cc(N3C(=O)Nc4ccccc4N3O)on2)cc(OC)c1OC. The molecule has 0 atom stereocenters. The molecule has 10 nitrogen and oxygen atoms in total. The Hall–Kier alpha value is -3.92. The van der Waals surface area contributed by atoms with Crippen LogP contribution in [0, 0.1) is 0 Å². The number of amides is 2. The fourth-order valence-corrected chi connectivity index (χ4v) is 3.04. The fraction of sp³-hybridized carbons (Fsp3) is 0.158. The smallest absolute Gasteiger partial charge is 0.350 e. The van der Waals surface area contributed by atoms with Crippen molar-refractivity contribution in [3.63, 3.8) is 0 Å². The molecule has 0 saturated carbocycles. The van der Waals surface area contributed by atoms with Gasteiger partial charge in [0.1, 0.15) is 11.4 Å². The highest BCUT2D eigenvalue weighted by Gasteiger charge is 2.33. The van der Waals surface area contributed by atoms with E-state index in [1.807, 2.05) is 0 Å². The fourth-order valence-electron chi connectivity index (χ4n) is 3.04. The van der Waals surface area contributed by atoms with Crippen LogP contribution in [-0.4, -0.2) is 37.7 Å². The van der Waals surface area contributed by atoms with E-state index in [2.05, 4.69) is 10.5 Å². The molecule has 2 amide bonds. The quantitative estimate of drug-likeness (QED) is 0.672. The molecule has 4 rings (SSSR count). The van der Waals surface area contributed by atoms with Crippen LogP contribution >= 0.6 is 0 Å². The lowest BCUT2D eigenvalue weighted by molar-refractivity contribution is 0.215. The van der Waals surface area contributed by atoms with Crippen LogP contribution in [0.15, 0.2) is 47.0 Å². The third-order valence-corrected chi connectivity index (χ3v) is 4.41. The predicted molar refractivity (Wildman–Crippen MR) is 104 cm³/mol. The molecule has 1 aliphatic heterocycles. The van der Waals surface area contributed by atoms with Gasteiger partial charge < -0.3 is 24.1 Å². The van der Waals surface area contributed by atoms with E-state index in [-0.39, 0.29) is 5.88 Å². The van der Waals surface area contributed by atoms with Crippen molar-refractivity contribution in [3.05, 3.63) is 42.5 Å². The Morgan fingerprint density at radius 1 is 1.03 bits per heavy atom. The second kappa shape index (κ2) is 7.24. The van der Waals surface area contributed by atoms with Crippen LogP contribution in [0.4, 0.5) is 22.1 Å². The van der Waals surface area contributed by atoms with Crippen molar-refractivity contribution in [1.82, 2.24) is 5.16 Å². The Morgan fingerprint density at radius 2 is 1.72 bits per heavy atom. The summed E-state index contributed by atoms with van der Waals surface area (Å²) in [7, 11) is 4.53. The van der Waals surface area contributed by atoms with E-state index < -0.39 is 6.03 Å². The molecular formula is C19H18N4O6. The van der Waals surface area contributed by atoms with Crippen molar-refractivity contribution in [2.24, 2.45) is 0 Å². The molecule has 1 aromatic heterocycles. The summed E-state index contributed by atoms with van der Waals surface area (Å²) in [6.45, 7) is 0. The Bertz CT molecular complexity index is 1040. The molecule has 0 spiro atoms. The topological polar surface area (TPSA) is 110 Å². The van der Waals surface area contributed by atoms with Gasteiger partial charge in [0.05, 0.1) is 27.0 Å². The third kappa shape index (κ3) is 3.05. The molecule has 0 aliphatic carbocycles. The number of fused-ring (bicyclic) bond motifs is 1. The molecule has 1 aliphatic rings. The first-order chi connectivity index (χ1) is 14.1. The molecule has 10 heteroatoms. The van der Waals surface area contributed by atoms with Gasteiger partial charge in [-0.25, -0.2) is 4.79 Å². The number of nitrogens with zero attached hydrogens (tertiary/aromatic N) is 3. The maximum absolute atomic E-state index is 12.5. The first-order valence-electron chi connectivity index (χ1n) is 8.53. The van der Waals surface area contributed by atoms with Gasteiger partial charge in [0.2, 0.25) is 5.75 Å². The lowest BCUT2D eigenvalue weighted by atomic mass is 10.1. The Morgan fingerprint density at radius 3 is 2.38 bits per heavy atom. The summed E-state index contributed by atoms with van der Waals surface area (Å²) in [4.78, 5) is 12.5. The highest BCUT2D eigenvalue weighted by atomic mass is 16.6. The van der Waals surface area contributed by atoms with Crippen molar-refractivity contribution in [2.75, 3.05) is 36.8 Å². The van der Waals surface area contributed by atoms with E-state index in [0.717, 1.165) is 5.01 Å². The zero-order chi connectivity index (χ0) is 20.5. The minimum absolute atomic E-state index is 0.0169. The number of benzene rings is 2. The van der Waals surface area contributed by atoms with E-state index in [9.17, 15) is 10.0 Å². The van der Waals surface area contributed by atoms with Crippen molar-refractivity contribution >= 4 is 23.3 Å². The number of urea groups is 1. The number of carbonyl (C=O) groups is 1.